The van der Waals surface area contributed by atoms with Gasteiger partial charge in [0.2, 0.25) is 0 Å². The highest BCUT2D eigenvalue weighted by molar-refractivity contribution is 7.91. The zero-order valence-corrected chi connectivity index (χ0v) is 13.9. The summed E-state index contributed by atoms with van der Waals surface area (Å²) in [6.07, 6.45) is 6.99. The van der Waals surface area contributed by atoms with Crippen molar-refractivity contribution in [2.45, 2.75) is 65.3 Å². The van der Waals surface area contributed by atoms with Crippen LogP contribution < -0.4 is 5.32 Å². The molecule has 2 unspecified atom stereocenters. The highest BCUT2D eigenvalue weighted by atomic mass is 32.2. The van der Waals surface area contributed by atoms with Crippen LogP contribution in [-0.2, 0) is 9.84 Å². The van der Waals surface area contributed by atoms with Gasteiger partial charge >= 0.3 is 0 Å². The summed E-state index contributed by atoms with van der Waals surface area (Å²) in [7, 11) is -0.793. The molecule has 4 heteroatoms. The van der Waals surface area contributed by atoms with Gasteiger partial charge in [-0.15, -0.1) is 0 Å². The standard InChI is InChI=1S/C15H31NO2S/c1-5-19(17,18)12-8-10-14(16-4)13-9-6-7-11-15(13,2)3/h13-14,16H,5-12H2,1-4H3. The Kier molecular flexibility index (Phi) is 6.31. The van der Waals surface area contributed by atoms with Crippen LogP contribution in [0.2, 0.25) is 0 Å². The molecule has 0 aromatic heterocycles. The third kappa shape index (κ3) is 5.07. The van der Waals surface area contributed by atoms with Crippen LogP contribution in [0.25, 0.3) is 0 Å². The van der Waals surface area contributed by atoms with Gasteiger partial charge in [0, 0.05) is 11.8 Å². The Bertz CT molecular complexity index is 362. The van der Waals surface area contributed by atoms with E-state index in [0.29, 0.717) is 23.1 Å². The van der Waals surface area contributed by atoms with E-state index in [9.17, 15) is 8.42 Å². The summed E-state index contributed by atoms with van der Waals surface area (Å²) >= 11 is 0. The summed E-state index contributed by atoms with van der Waals surface area (Å²) in [4.78, 5) is 0. The van der Waals surface area contributed by atoms with Crippen molar-refractivity contribution in [3.8, 4) is 0 Å². The highest BCUT2D eigenvalue weighted by Gasteiger charge is 2.36. The van der Waals surface area contributed by atoms with Crippen molar-refractivity contribution in [3.05, 3.63) is 0 Å². The fourth-order valence-corrected chi connectivity index (χ4v) is 4.38. The molecule has 1 saturated carbocycles. The Hall–Kier alpha value is -0.0900. The lowest BCUT2D eigenvalue weighted by Gasteiger charge is -2.43. The molecule has 1 fully saturated rings. The van der Waals surface area contributed by atoms with E-state index in [0.717, 1.165) is 12.8 Å². The van der Waals surface area contributed by atoms with Crippen molar-refractivity contribution in [2.24, 2.45) is 11.3 Å². The van der Waals surface area contributed by atoms with Gasteiger partial charge in [-0.05, 0) is 44.1 Å². The summed E-state index contributed by atoms with van der Waals surface area (Å²) < 4.78 is 23.1. The first kappa shape index (κ1) is 17.0. The van der Waals surface area contributed by atoms with E-state index < -0.39 is 9.84 Å². The number of hydrogen-bond acceptors (Lipinski definition) is 3. The number of sulfone groups is 1. The minimum Gasteiger partial charge on any atom is -0.317 e. The molecule has 1 aliphatic rings. The Balaban J connectivity index is 2.53. The minimum atomic E-state index is -2.81. The van der Waals surface area contributed by atoms with Crippen molar-refractivity contribution >= 4 is 9.84 Å². The Morgan fingerprint density at radius 2 is 2.00 bits per heavy atom. The molecule has 2 atom stereocenters. The zero-order valence-electron chi connectivity index (χ0n) is 13.0. The Morgan fingerprint density at radius 1 is 1.32 bits per heavy atom. The maximum atomic E-state index is 11.6. The van der Waals surface area contributed by atoms with Gasteiger partial charge in [0.25, 0.3) is 0 Å². The molecule has 0 radical (unpaired) electrons. The predicted molar refractivity (Wildman–Crippen MR) is 82.1 cm³/mol. The van der Waals surface area contributed by atoms with E-state index >= 15 is 0 Å². The summed E-state index contributed by atoms with van der Waals surface area (Å²) in [6.45, 7) is 6.46. The van der Waals surface area contributed by atoms with Crippen molar-refractivity contribution in [1.29, 1.82) is 0 Å². The van der Waals surface area contributed by atoms with Gasteiger partial charge in [0.05, 0.1) is 5.75 Å². The SMILES string of the molecule is CCS(=O)(=O)CCCC(NC)C1CCCCC1(C)C. The van der Waals surface area contributed by atoms with E-state index in [4.69, 9.17) is 0 Å². The van der Waals surface area contributed by atoms with Crippen LogP contribution in [0, 0.1) is 11.3 Å². The smallest absolute Gasteiger partial charge is 0.150 e. The van der Waals surface area contributed by atoms with E-state index in [1.54, 1.807) is 6.92 Å². The van der Waals surface area contributed by atoms with Crippen LogP contribution in [0.5, 0.6) is 0 Å². The second-order valence-corrected chi connectivity index (χ2v) is 9.09. The fraction of sp³-hybridized carbons (Fsp3) is 1.00. The molecule has 3 nitrogen and oxygen atoms in total. The van der Waals surface area contributed by atoms with Crippen LogP contribution in [-0.4, -0.2) is 33.0 Å². The molecule has 0 spiro atoms. The van der Waals surface area contributed by atoms with Crippen molar-refractivity contribution in [2.75, 3.05) is 18.6 Å². The monoisotopic (exact) mass is 289 g/mol. The minimum absolute atomic E-state index is 0.270. The predicted octanol–water partition coefficient (Wildman–Crippen LogP) is 3.01. The molecule has 1 rings (SSSR count). The molecule has 0 aliphatic heterocycles. The lowest BCUT2D eigenvalue weighted by Crippen LogP contribution is -2.43. The lowest BCUT2D eigenvalue weighted by molar-refractivity contribution is 0.0975. The van der Waals surface area contributed by atoms with E-state index in [-0.39, 0.29) is 5.75 Å². The second-order valence-electron chi connectivity index (χ2n) is 6.61. The molecule has 0 bridgehead atoms. The first-order valence-electron chi connectivity index (χ1n) is 7.70. The summed E-state index contributed by atoms with van der Waals surface area (Å²) in [5, 5.41) is 3.44. The zero-order chi connectivity index (χ0) is 14.5. The second kappa shape index (κ2) is 7.07. The first-order valence-corrected chi connectivity index (χ1v) is 9.52. The van der Waals surface area contributed by atoms with Gasteiger partial charge < -0.3 is 5.32 Å². The number of nitrogens with one attached hydrogen (secondary N) is 1. The fourth-order valence-electron chi connectivity index (χ4n) is 3.48. The third-order valence-corrected chi connectivity index (χ3v) is 6.65. The molecule has 0 amide bonds. The lowest BCUT2D eigenvalue weighted by atomic mass is 9.65. The highest BCUT2D eigenvalue weighted by Crippen LogP contribution is 2.43. The Morgan fingerprint density at radius 3 is 2.53 bits per heavy atom. The van der Waals surface area contributed by atoms with Crippen molar-refractivity contribution in [1.82, 2.24) is 5.32 Å². The molecular weight excluding hydrogens is 258 g/mol. The van der Waals surface area contributed by atoms with Crippen LogP contribution in [0.4, 0.5) is 0 Å². The summed E-state index contributed by atoms with van der Waals surface area (Å²) in [5.41, 5.74) is 0.384. The van der Waals surface area contributed by atoms with E-state index in [1.165, 1.54) is 25.7 Å². The first-order chi connectivity index (χ1) is 8.82. The van der Waals surface area contributed by atoms with Gasteiger partial charge in [-0.25, -0.2) is 8.42 Å². The quantitative estimate of drug-likeness (QED) is 0.783. The molecule has 0 aromatic carbocycles. The van der Waals surface area contributed by atoms with Crippen LogP contribution in [0.3, 0.4) is 0 Å². The van der Waals surface area contributed by atoms with Gasteiger partial charge in [-0.1, -0.05) is 33.6 Å². The molecular formula is C15H31NO2S. The molecule has 0 aromatic rings. The average Bonchev–Trinajstić information content (AvgIpc) is 2.35. The summed E-state index contributed by atoms with van der Waals surface area (Å²) in [6, 6.07) is 0.461. The molecule has 0 saturated heterocycles. The molecule has 19 heavy (non-hydrogen) atoms. The summed E-state index contributed by atoms with van der Waals surface area (Å²) in [5.74, 6) is 1.29. The maximum Gasteiger partial charge on any atom is 0.150 e. The van der Waals surface area contributed by atoms with Crippen molar-refractivity contribution in [3.63, 3.8) is 0 Å². The van der Waals surface area contributed by atoms with Crippen LogP contribution in [0.15, 0.2) is 0 Å². The maximum absolute atomic E-state index is 11.6. The normalized spacial score (nSPS) is 25.2. The molecule has 114 valence electrons. The van der Waals surface area contributed by atoms with Crippen LogP contribution >= 0.6 is 0 Å². The van der Waals surface area contributed by atoms with Gasteiger partial charge in [-0.2, -0.15) is 0 Å². The van der Waals surface area contributed by atoms with Gasteiger partial charge in [-0.3, -0.25) is 0 Å². The molecule has 1 N–H and O–H groups in total. The van der Waals surface area contributed by atoms with Crippen LogP contribution in [0.1, 0.15) is 59.3 Å². The number of hydrogen-bond donors (Lipinski definition) is 1. The molecule has 1 aliphatic carbocycles. The van der Waals surface area contributed by atoms with Crippen molar-refractivity contribution < 1.29 is 8.42 Å². The number of rotatable bonds is 7. The average molecular weight is 289 g/mol. The third-order valence-electron chi connectivity index (χ3n) is 4.86. The molecule has 0 heterocycles. The van der Waals surface area contributed by atoms with E-state index in [2.05, 4.69) is 19.2 Å². The topological polar surface area (TPSA) is 46.2 Å². The van der Waals surface area contributed by atoms with Gasteiger partial charge in [0.1, 0.15) is 9.84 Å². The van der Waals surface area contributed by atoms with E-state index in [1.807, 2.05) is 7.05 Å². The van der Waals surface area contributed by atoms with Gasteiger partial charge in [0.15, 0.2) is 0 Å². The largest absolute Gasteiger partial charge is 0.317 e. The Labute approximate surface area is 119 Å².